The van der Waals surface area contributed by atoms with Crippen LogP contribution in [-0.4, -0.2) is 33.9 Å². The van der Waals surface area contributed by atoms with E-state index in [2.05, 4.69) is 56.3 Å². The summed E-state index contributed by atoms with van der Waals surface area (Å²) >= 11 is 1.52. The lowest BCUT2D eigenvalue weighted by molar-refractivity contribution is -0.111. The van der Waals surface area contributed by atoms with Crippen LogP contribution in [-0.2, 0) is 11.3 Å². The van der Waals surface area contributed by atoms with Crippen molar-refractivity contribution in [1.29, 1.82) is 0 Å². The van der Waals surface area contributed by atoms with Gasteiger partial charge in [0.1, 0.15) is 10.4 Å². The van der Waals surface area contributed by atoms with Crippen molar-refractivity contribution in [3.05, 3.63) is 78.2 Å². The average Bonchev–Trinajstić information content (AvgIpc) is 3.35. The van der Waals surface area contributed by atoms with Gasteiger partial charge in [0.2, 0.25) is 17.7 Å². The zero-order valence-corrected chi connectivity index (χ0v) is 20.2. The van der Waals surface area contributed by atoms with Crippen molar-refractivity contribution in [2.45, 2.75) is 25.8 Å². The molecule has 1 aliphatic heterocycles. The molecule has 0 spiro atoms. The first kappa shape index (κ1) is 23.0. The summed E-state index contributed by atoms with van der Waals surface area (Å²) in [5.41, 5.74) is 3.65. The van der Waals surface area contributed by atoms with E-state index in [-0.39, 0.29) is 5.91 Å². The van der Waals surface area contributed by atoms with Gasteiger partial charge in [-0.3, -0.25) is 9.69 Å². The molecule has 5 rings (SSSR count). The lowest BCUT2D eigenvalue weighted by Crippen LogP contribution is -2.29. The smallest absolute Gasteiger partial charge is 0.247 e. The van der Waals surface area contributed by atoms with Crippen LogP contribution >= 0.6 is 11.3 Å². The van der Waals surface area contributed by atoms with Gasteiger partial charge in [-0.2, -0.15) is 4.98 Å². The molecule has 1 amide bonds. The van der Waals surface area contributed by atoms with Gasteiger partial charge >= 0.3 is 0 Å². The van der Waals surface area contributed by atoms with Crippen LogP contribution in [0.3, 0.4) is 0 Å². The summed E-state index contributed by atoms with van der Waals surface area (Å²) in [5, 5.41) is 8.01. The van der Waals surface area contributed by atoms with E-state index in [1.165, 1.54) is 55.3 Å². The molecular formula is C27H27N5O2S. The molecule has 0 radical (unpaired) electrons. The third-order valence-corrected chi connectivity index (χ3v) is 6.73. The first-order valence-electron chi connectivity index (χ1n) is 11.7. The van der Waals surface area contributed by atoms with Gasteiger partial charge in [-0.25, -0.2) is 4.98 Å². The van der Waals surface area contributed by atoms with Crippen molar-refractivity contribution in [3.8, 4) is 11.6 Å². The van der Waals surface area contributed by atoms with Gasteiger partial charge in [-0.15, -0.1) is 11.3 Å². The number of likely N-dealkylation sites (tertiary alicyclic amines) is 1. The Labute approximate surface area is 208 Å². The molecule has 1 aliphatic rings. The third kappa shape index (κ3) is 5.85. The Balaban J connectivity index is 1.32. The maximum Gasteiger partial charge on any atom is 0.247 e. The number of amides is 1. The molecule has 3 heterocycles. The van der Waals surface area contributed by atoms with E-state index < -0.39 is 0 Å². The number of fused-ring (bicyclic) bond motifs is 1. The second kappa shape index (κ2) is 10.7. The molecule has 2 aromatic carbocycles. The number of rotatable bonds is 8. The number of carbonyl (C=O) groups excluding carboxylic acids is 1. The summed E-state index contributed by atoms with van der Waals surface area (Å²) in [6.07, 6.45) is 5.16. The molecule has 8 heteroatoms. The van der Waals surface area contributed by atoms with E-state index in [9.17, 15) is 4.79 Å². The predicted molar refractivity (Wildman–Crippen MR) is 142 cm³/mol. The first-order valence-corrected chi connectivity index (χ1v) is 12.6. The van der Waals surface area contributed by atoms with Gasteiger partial charge in [0.15, 0.2) is 0 Å². The molecule has 0 bridgehead atoms. The number of nitrogens with one attached hydrogen (secondary N) is 2. The van der Waals surface area contributed by atoms with Crippen molar-refractivity contribution in [2.24, 2.45) is 0 Å². The van der Waals surface area contributed by atoms with Crippen molar-refractivity contribution >= 4 is 44.8 Å². The molecule has 1 saturated heterocycles. The highest BCUT2D eigenvalue weighted by Gasteiger charge is 2.13. The maximum atomic E-state index is 11.6. The molecule has 2 aromatic heterocycles. The number of benzene rings is 2. The molecule has 0 atom stereocenters. The van der Waals surface area contributed by atoms with Gasteiger partial charge in [-0.05, 0) is 73.3 Å². The summed E-state index contributed by atoms with van der Waals surface area (Å²) in [6.45, 7) is 6.83. The minimum Gasteiger partial charge on any atom is -0.437 e. The van der Waals surface area contributed by atoms with Crippen molar-refractivity contribution in [3.63, 3.8) is 0 Å². The topological polar surface area (TPSA) is 79.4 Å². The molecule has 0 saturated carbocycles. The normalized spacial score (nSPS) is 13.9. The van der Waals surface area contributed by atoms with Crippen LogP contribution in [0.1, 0.15) is 24.8 Å². The minimum atomic E-state index is -0.279. The predicted octanol–water partition coefficient (Wildman–Crippen LogP) is 6.34. The van der Waals surface area contributed by atoms with Crippen molar-refractivity contribution < 1.29 is 9.53 Å². The Morgan fingerprint density at radius 2 is 1.89 bits per heavy atom. The summed E-state index contributed by atoms with van der Waals surface area (Å²) in [7, 11) is 0. The van der Waals surface area contributed by atoms with E-state index in [4.69, 9.17) is 4.74 Å². The van der Waals surface area contributed by atoms with Crippen LogP contribution in [0.2, 0.25) is 0 Å². The van der Waals surface area contributed by atoms with Crippen molar-refractivity contribution in [2.75, 3.05) is 23.7 Å². The third-order valence-electron chi connectivity index (χ3n) is 5.84. The number of hydrogen-bond acceptors (Lipinski definition) is 7. The molecule has 4 aromatic rings. The number of thiophene rings is 1. The van der Waals surface area contributed by atoms with Gasteiger partial charge in [0.25, 0.3) is 0 Å². The van der Waals surface area contributed by atoms with E-state index >= 15 is 0 Å². The fourth-order valence-electron chi connectivity index (χ4n) is 4.10. The van der Waals surface area contributed by atoms with E-state index in [0.717, 1.165) is 22.4 Å². The fraction of sp³-hybridized carbons (Fsp3) is 0.222. The Kier molecular flexibility index (Phi) is 7.02. The zero-order valence-electron chi connectivity index (χ0n) is 19.4. The number of anilines is 3. The lowest BCUT2D eigenvalue weighted by Gasteiger charge is -2.26. The molecule has 0 unspecified atom stereocenters. The Morgan fingerprint density at radius 3 is 2.69 bits per heavy atom. The highest BCUT2D eigenvalue weighted by Crippen LogP contribution is 2.33. The molecule has 1 fully saturated rings. The molecule has 2 N–H and O–H groups in total. The highest BCUT2D eigenvalue weighted by molar-refractivity contribution is 7.17. The quantitative estimate of drug-likeness (QED) is 0.284. The van der Waals surface area contributed by atoms with Crippen LogP contribution in [0.5, 0.6) is 11.6 Å². The second-order valence-corrected chi connectivity index (χ2v) is 9.39. The van der Waals surface area contributed by atoms with E-state index in [1.54, 1.807) is 12.1 Å². The zero-order chi connectivity index (χ0) is 24.0. The largest absolute Gasteiger partial charge is 0.437 e. The van der Waals surface area contributed by atoms with Gasteiger partial charge < -0.3 is 15.4 Å². The van der Waals surface area contributed by atoms with Gasteiger partial charge in [-0.1, -0.05) is 31.2 Å². The molecule has 178 valence electrons. The maximum absolute atomic E-state index is 11.6. The second-order valence-electron chi connectivity index (χ2n) is 8.47. The Hall–Kier alpha value is -3.75. The van der Waals surface area contributed by atoms with Crippen LogP contribution in [0.15, 0.2) is 72.6 Å². The number of aromatic nitrogens is 2. The Bertz CT molecular complexity index is 1330. The molecule has 7 nitrogen and oxygen atoms in total. The highest BCUT2D eigenvalue weighted by atomic mass is 32.1. The summed E-state index contributed by atoms with van der Waals surface area (Å²) < 4.78 is 6.98. The van der Waals surface area contributed by atoms with Crippen LogP contribution in [0.4, 0.5) is 17.3 Å². The lowest BCUT2D eigenvalue weighted by atomic mass is 10.1. The average molecular weight is 486 g/mol. The van der Waals surface area contributed by atoms with Crippen LogP contribution < -0.4 is 15.4 Å². The van der Waals surface area contributed by atoms with E-state index in [0.29, 0.717) is 23.3 Å². The number of hydrogen-bond donors (Lipinski definition) is 2. The van der Waals surface area contributed by atoms with Gasteiger partial charge in [0, 0.05) is 24.0 Å². The minimum absolute atomic E-state index is 0.279. The standard InChI is InChI=1S/C27H27N5O2S/c1-2-24(33)28-21-7-6-8-22(17-21)34-26-25-23(13-16-35-25)30-27(31-26)29-20-11-9-19(10-12-20)18-32-14-4-3-5-15-32/h2,6-13,16-17H,1,3-5,14-15,18H2,(H,28,33)(H,29,30,31). The molecule has 0 aliphatic carbocycles. The molecular weight excluding hydrogens is 458 g/mol. The van der Waals surface area contributed by atoms with E-state index in [1.807, 2.05) is 23.6 Å². The number of carbonyl (C=O) groups is 1. The summed E-state index contributed by atoms with van der Waals surface area (Å²) in [6, 6.07) is 17.5. The summed E-state index contributed by atoms with van der Waals surface area (Å²) in [5.74, 6) is 1.21. The number of piperidine rings is 1. The van der Waals surface area contributed by atoms with Crippen LogP contribution in [0.25, 0.3) is 10.2 Å². The SMILES string of the molecule is C=CC(=O)Nc1cccc(Oc2nc(Nc3ccc(CN4CCCCC4)cc3)nc3ccsc23)c1. The van der Waals surface area contributed by atoms with Crippen LogP contribution in [0, 0.1) is 0 Å². The monoisotopic (exact) mass is 485 g/mol. The van der Waals surface area contributed by atoms with Crippen molar-refractivity contribution in [1.82, 2.24) is 14.9 Å². The number of ether oxygens (including phenoxy) is 1. The number of nitrogens with zero attached hydrogens (tertiary/aromatic N) is 3. The Morgan fingerprint density at radius 1 is 1.06 bits per heavy atom. The first-order chi connectivity index (χ1) is 17.2. The fourth-order valence-corrected chi connectivity index (χ4v) is 4.86. The molecule has 35 heavy (non-hydrogen) atoms. The van der Waals surface area contributed by atoms with Gasteiger partial charge in [0.05, 0.1) is 5.52 Å². The summed E-state index contributed by atoms with van der Waals surface area (Å²) in [4.78, 5) is 23.4.